The molecule has 0 aliphatic heterocycles. The molecule has 1 atom stereocenters. The van der Waals surface area contributed by atoms with Crippen LogP contribution in [-0.4, -0.2) is 30.2 Å². The molecule has 158 valence electrons. The average molecular weight is 428 g/mol. The van der Waals surface area contributed by atoms with Crippen molar-refractivity contribution >= 4 is 16.0 Å². The van der Waals surface area contributed by atoms with Crippen molar-refractivity contribution in [3.8, 4) is 0 Å². The SMILES string of the molecule is Cc1nn(C)c(C)c1S(=O)(=O)NC(C)C(=O)OC(c1ccccc1)c1ccccc1. The average Bonchev–Trinajstić information content (AvgIpc) is 2.99. The predicted molar refractivity (Wildman–Crippen MR) is 113 cm³/mol. The molecule has 3 aromatic rings. The molecule has 0 bridgehead atoms. The van der Waals surface area contributed by atoms with Gasteiger partial charge in [0, 0.05) is 7.05 Å². The predicted octanol–water partition coefficient (Wildman–Crippen LogP) is 3.04. The molecule has 0 fully saturated rings. The van der Waals surface area contributed by atoms with E-state index in [1.54, 1.807) is 20.9 Å². The third-order valence-corrected chi connectivity index (χ3v) is 6.63. The molecule has 1 aromatic heterocycles. The molecule has 2 aromatic carbocycles. The maximum atomic E-state index is 12.9. The quantitative estimate of drug-likeness (QED) is 0.586. The first kappa shape index (κ1) is 21.7. The molecule has 0 radical (unpaired) electrons. The lowest BCUT2D eigenvalue weighted by atomic mass is 10.0. The molecular formula is C22H25N3O4S. The maximum Gasteiger partial charge on any atom is 0.324 e. The second-order valence-corrected chi connectivity index (χ2v) is 8.76. The Morgan fingerprint density at radius 2 is 1.50 bits per heavy atom. The number of aryl methyl sites for hydroxylation is 2. The first-order valence-electron chi connectivity index (χ1n) is 9.53. The van der Waals surface area contributed by atoms with Gasteiger partial charge in [-0.2, -0.15) is 9.82 Å². The number of carbonyl (C=O) groups excluding carboxylic acids is 1. The van der Waals surface area contributed by atoms with Crippen molar-refractivity contribution in [2.45, 2.75) is 37.8 Å². The second-order valence-electron chi connectivity index (χ2n) is 7.10. The third-order valence-electron chi connectivity index (χ3n) is 4.84. The van der Waals surface area contributed by atoms with E-state index in [9.17, 15) is 13.2 Å². The van der Waals surface area contributed by atoms with Crippen molar-refractivity contribution in [2.24, 2.45) is 7.05 Å². The summed E-state index contributed by atoms with van der Waals surface area (Å²) in [4.78, 5) is 12.9. The monoisotopic (exact) mass is 427 g/mol. The molecule has 8 heteroatoms. The van der Waals surface area contributed by atoms with Gasteiger partial charge in [-0.3, -0.25) is 9.48 Å². The molecule has 0 saturated heterocycles. The summed E-state index contributed by atoms with van der Waals surface area (Å²) in [6.45, 7) is 4.75. The fourth-order valence-electron chi connectivity index (χ4n) is 3.29. The standard InChI is InChI=1S/C22H25N3O4S/c1-15-21(17(3)25(4)23-15)30(27,28)24-16(2)22(26)29-20(18-11-7-5-8-12-18)19-13-9-6-10-14-19/h5-14,16,20,24H,1-4H3. The molecule has 1 heterocycles. The van der Waals surface area contributed by atoms with E-state index in [0.29, 0.717) is 11.4 Å². The van der Waals surface area contributed by atoms with Crippen LogP contribution < -0.4 is 4.72 Å². The van der Waals surface area contributed by atoms with Gasteiger partial charge in [0.15, 0.2) is 6.10 Å². The van der Waals surface area contributed by atoms with Crippen LogP contribution >= 0.6 is 0 Å². The number of hydrogen-bond acceptors (Lipinski definition) is 5. The fourth-order valence-corrected chi connectivity index (χ4v) is 4.92. The van der Waals surface area contributed by atoms with E-state index in [1.807, 2.05) is 60.7 Å². The van der Waals surface area contributed by atoms with Crippen molar-refractivity contribution in [3.63, 3.8) is 0 Å². The van der Waals surface area contributed by atoms with Gasteiger partial charge in [0.2, 0.25) is 10.0 Å². The third kappa shape index (κ3) is 4.60. The van der Waals surface area contributed by atoms with Crippen LogP contribution in [0.5, 0.6) is 0 Å². The van der Waals surface area contributed by atoms with Crippen LogP contribution in [0.4, 0.5) is 0 Å². The Bertz CT molecular complexity index is 1090. The zero-order valence-corrected chi connectivity index (χ0v) is 18.2. The number of rotatable bonds is 7. The summed E-state index contributed by atoms with van der Waals surface area (Å²) in [5.41, 5.74) is 2.46. The van der Waals surface area contributed by atoms with E-state index in [1.165, 1.54) is 11.6 Å². The summed E-state index contributed by atoms with van der Waals surface area (Å²) in [7, 11) is -2.27. The lowest BCUT2D eigenvalue weighted by molar-refractivity contribution is -0.149. The summed E-state index contributed by atoms with van der Waals surface area (Å²) >= 11 is 0. The summed E-state index contributed by atoms with van der Waals surface area (Å²) in [6, 6.07) is 17.6. The van der Waals surface area contributed by atoms with Gasteiger partial charge >= 0.3 is 5.97 Å². The highest BCUT2D eigenvalue weighted by Gasteiger charge is 2.30. The van der Waals surface area contributed by atoms with E-state index in [-0.39, 0.29) is 4.90 Å². The molecule has 0 spiro atoms. The van der Waals surface area contributed by atoms with Crippen LogP contribution in [0.25, 0.3) is 0 Å². The topological polar surface area (TPSA) is 90.3 Å². The Balaban J connectivity index is 1.82. The first-order valence-corrected chi connectivity index (χ1v) is 11.0. The highest BCUT2D eigenvalue weighted by molar-refractivity contribution is 7.89. The lowest BCUT2D eigenvalue weighted by Gasteiger charge is -2.21. The van der Waals surface area contributed by atoms with E-state index in [4.69, 9.17) is 4.74 Å². The largest absolute Gasteiger partial charge is 0.451 e. The number of nitrogens with one attached hydrogen (secondary N) is 1. The Morgan fingerprint density at radius 3 is 1.93 bits per heavy atom. The van der Waals surface area contributed by atoms with Crippen molar-refractivity contribution in [2.75, 3.05) is 0 Å². The lowest BCUT2D eigenvalue weighted by Crippen LogP contribution is -2.40. The van der Waals surface area contributed by atoms with E-state index in [0.717, 1.165) is 11.1 Å². The van der Waals surface area contributed by atoms with Crippen LogP contribution in [0.2, 0.25) is 0 Å². The molecule has 0 aliphatic carbocycles. The second kappa shape index (κ2) is 8.81. The van der Waals surface area contributed by atoms with Gasteiger partial charge in [-0.25, -0.2) is 8.42 Å². The number of ether oxygens (including phenoxy) is 1. The molecular weight excluding hydrogens is 402 g/mol. The van der Waals surface area contributed by atoms with Gasteiger partial charge in [0.1, 0.15) is 10.9 Å². The molecule has 0 saturated carbocycles. The summed E-state index contributed by atoms with van der Waals surface area (Å²) < 4.78 is 35.4. The van der Waals surface area contributed by atoms with Crippen LogP contribution in [0, 0.1) is 13.8 Å². The Kier molecular flexibility index (Phi) is 6.38. The first-order chi connectivity index (χ1) is 14.2. The van der Waals surface area contributed by atoms with Crippen LogP contribution in [0.15, 0.2) is 65.6 Å². The van der Waals surface area contributed by atoms with Crippen molar-refractivity contribution in [3.05, 3.63) is 83.2 Å². The number of benzene rings is 2. The number of carbonyl (C=O) groups is 1. The molecule has 3 rings (SSSR count). The molecule has 1 unspecified atom stereocenters. The Hall–Kier alpha value is -2.97. The van der Waals surface area contributed by atoms with Gasteiger partial charge in [-0.05, 0) is 31.9 Å². The molecule has 0 aliphatic rings. The molecule has 30 heavy (non-hydrogen) atoms. The van der Waals surface area contributed by atoms with E-state index in [2.05, 4.69) is 9.82 Å². The minimum absolute atomic E-state index is 0.0762. The Morgan fingerprint density at radius 1 is 1.00 bits per heavy atom. The van der Waals surface area contributed by atoms with Gasteiger partial charge in [-0.15, -0.1) is 0 Å². The summed E-state index contributed by atoms with van der Waals surface area (Å²) in [6.07, 6.45) is -0.645. The zero-order chi connectivity index (χ0) is 21.9. The minimum Gasteiger partial charge on any atom is -0.451 e. The normalized spacial score (nSPS) is 12.7. The highest BCUT2D eigenvalue weighted by atomic mass is 32.2. The van der Waals surface area contributed by atoms with Crippen molar-refractivity contribution in [1.29, 1.82) is 0 Å². The van der Waals surface area contributed by atoms with Gasteiger partial charge in [-0.1, -0.05) is 60.7 Å². The fraction of sp³-hybridized carbons (Fsp3) is 0.273. The number of aromatic nitrogens is 2. The molecule has 7 nitrogen and oxygen atoms in total. The zero-order valence-electron chi connectivity index (χ0n) is 17.4. The van der Waals surface area contributed by atoms with Gasteiger partial charge in [0.25, 0.3) is 0 Å². The maximum absolute atomic E-state index is 12.9. The molecule has 0 amide bonds. The van der Waals surface area contributed by atoms with Crippen LogP contribution in [0.3, 0.4) is 0 Å². The van der Waals surface area contributed by atoms with Gasteiger partial charge in [0.05, 0.1) is 11.4 Å². The van der Waals surface area contributed by atoms with Crippen molar-refractivity contribution < 1.29 is 17.9 Å². The smallest absolute Gasteiger partial charge is 0.324 e. The number of nitrogens with zero attached hydrogens (tertiary/aromatic N) is 2. The minimum atomic E-state index is -3.94. The number of hydrogen-bond donors (Lipinski definition) is 1. The van der Waals surface area contributed by atoms with Crippen LogP contribution in [-0.2, 0) is 26.6 Å². The number of sulfonamides is 1. The summed E-state index contributed by atoms with van der Waals surface area (Å²) in [5, 5.41) is 4.14. The molecule has 1 N–H and O–H groups in total. The Labute approximate surface area is 176 Å². The van der Waals surface area contributed by atoms with Gasteiger partial charge < -0.3 is 4.74 Å². The van der Waals surface area contributed by atoms with E-state index >= 15 is 0 Å². The van der Waals surface area contributed by atoms with Crippen molar-refractivity contribution in [1.82, 2.24) is 14.5 Å². The summed E-state index contributed by atoms with van der Waals surface area (Å²) in [5.74, 6) is -0.671. The van der Waals surface area contributed by atoms with Crippen LogP contribution in [0.1, 0.15) is 35.5 Å². The highest BCUT2D eigenvalue weighted by Crippen LogP contribution is 2.26. The number of esters is 1. The van der Waals surface area contributed by atoms with E-state index < -0.39 is 28.1 Å².